The van der Waals surface area contributed by atoms with Crippen LogP contribution >= 0.6 is 15.9 Å². The molecular formula is C12H16BrNO3. The van der Waals surface area contributed by atoms with Crippen LogP contribution in [0, 0.1) is 0 Å². The smallest absolute Gasteiger partial charge is 0.320 e. The molecule has 0 aliphatic heterocycles. The van der Waals surface area contributed by atoms with Gasteiger partial charge in [0.2, 0.25) is 0 Å². The van der Waals surface area contributed by atoms with Crippen LogP contribution in [0.25, 0.3) is 0 Å². The Balaban J connectivity index is 2.73. The van der Waals surface area contributed by atoms with Gasteiger partial charge in [-0.15, -0.1) is 0 Å². The Hall–Kier alpha value is -1.07. The number of ether oxygens (including phenoxy) is 1. The second-order valence-electron chi connectivity index (χ2n) is 4.44. The molecular weight excluding hydrogens is 286 g/mol. The number of hydrogen-bond acceptors (Lipinski definition) is 3. The number of hydrogen-bond donors (Lipinski definition) is 2. The molecule has 1 aromatic rings. The number of nitrogens with two attached hydrogens (primary N) is 1. The Kier molecular flexibility index (Phi) is 4.54. The fraction of sp³-hybridized carbons (Fsp3) is 0.417. The Bertz CT molecular complexity index is 406. The molecule has 3 N–H and O–H groups in total. The summed E-state index contributed by atoms with van der Waals surface area (Å²) in [5, 5.41) is 8.78. The maximum atomic E-state index is 10.7. The molecule has 0 amide bonds. The van der Waals surface area contributed by atoms with Crippen molar-refractivity contribution in [2.45, 2.75) is 31.9 Å². The van der Waals surface area contributed by atoms with Crippen molar-refractivity contribution in [1.82, 2.24) is 0 Å². The molecule has 0 bridgehead atoms. The lowest BCUT2D eigenvalue weighted by atomic mass is 9.99. The first kappa shape index (κ1) is 14.0. The van der Waals surface area contributed by atoms with Gasteiger partial charge in [0, 0.05) is 6.42 Å². The first-order chi connectivity index (χ1) is 7.82. The van der Waals surface area contributed by atoms with Crippen LogP contribution in [0.3, 0.4) is 0 Å². The van der Waals surface area contributed by atoms with Crippen molar-refractivity contribution in [1.29, 1.82) is 0 Å². The standard InChI is InChI=1S/C12H16BrNO3/c1-12(2,7-9(14)11(15)16)17-10-6-4-3-5-8(10)13/h3-6,9H,7,14H2,1-2H3,(H,15,16). The van der Waals surface area contributed by atoms with E-state index in [1.165, 1.54) is 0 Å². The molecule has 0 aliphatic carbocycles. The first-order valence-corrected chi connectivity index (χ1v) is 6.03. The third kappa shape index (κ3) is 4.36. The number of aliphatic carboxylic acids is 1. The molecule has 4 nitrogen and oxygen atoms in total. The predicted molar refractivity (Wildman–Crippen MR) is 69.1 cm³/mol. The minimum Gasteiger partial charge on any atom is -0.487 e. The molecule has 0 aliphatic rings. The number of para-hydroxylation sites is 1. The van der Waals surface area contributed by atoms with Gasteiger partial charge >= 0.3 is 5.97 Å². The van der Waals surface area contributed by atoms with Crippen LogP contribution in [-0.2, 0) is 4.79 Å². The van der Waals surface area contributed by atoms with Gasteiger partial charge in [0.1, 0.15) is 17.4 Å². The summed E-state index contributed by atoms with van der Waals surface area (Å²) in [6, 6.07) is 6.49. The van der Waals surface area contributed by atoms with Gasteiger partial charge in [-0.3, -0.25) is 4.79 Å². The first-order valence-electron chi connectivity index (χ1n) is 5.24. The van der Waals surface area contributed by atoms with Crippen LogP contribution in [0.15, 0.2) is 28.7 Å². The van der Waals surface area contributed by atoms with E-state index in [-0.39, 0.29) is 6.42 Å². The molecule has 5 heteroatoms. The highest BCUT2D eigenvalue weighted by Crippen LogP contribution is 2.29. The van der Waals surface area contributed by atoms with Crippen LogP contribution in [0.4, 0.5) is 0 Å². The van der Waals surface area contributed by atoms with Crippen LogP contribution < -0.4 is 10.5 Å². The van der Waals surface area contributed by atoms with Gasteiger partial charge in [0.25, 0.3) is 0 Å². The van der Waals surface area contributed by atoms with E-state index in [1.54, 1.807) is 0 Å². The molecule has 0 saturated carbocycles. The summed E-state index contributed by atoms with van der Waals surface area (Å²) < 4.78 is 6.59. The topological polar surface area (TPSA) is 72.6 Å². The van der Waals surface area contributed by atoms with Gasteiger partial charge < -0.3 is 15.6 Å². The van der Waals surface area contributed by atoms with E-state index in [0.29, 0.717) is 5.75 Å². The fourth-order valence-corrected chi connectivity index (χ4v) is 1.85. The van der Waals surface area contributed by atoms with Crippen molar-refractivity contribution < 1.29 is 14.6 Å². The molecule has 0 fully saturated rings. The van der Waals surface area contributed by atoms with Gasteiger partial charge in [0.05, 0.1) is 4.47 Å². The Morgan fingerprint density at radius 2 is 2.12 bits per heavy atom. The van der Waals surface area contributed by atoms with Crippen LogP contribution in [-0.4, -0.2) is 22.7 Å². The lowest BCUT2D eigenvalue weighted by Gasteiger charge is -2.28. The van der Waals surface area contributed by atoms with Gasteiger partial charge in [-0.25, -0.2) is 0 Å². The summed E-state index contributed by atoms with van der Waals surface area (Å²) in [4.78, 5) is 10.7. The number of carboxylic acids is 1. The number of carbonyl (C=O) groups is 1. The van der Waals surface area contributed by atoms with Crippen molar-refractivity contribution in [2.75, 3.05) is 0 Å². The second kappa shape index (κ2) is 5.51. The molecule has 1 rings (SSSR count). The zero-order chi connectivity index (χ0) is 13.1. The molecule has 1 atom stereocenters. The lowest BCUT2D eigenvalue weighted by molar-refractivity contribution is -0.139. The highest BCUT2D eigenvalue weighted by Gasteiger charge is 2.27. The zero-order valence-corrected chi connectivity index (χ0v) is 11.4. The second-order valence-corrected chi connectivity index (χ2v) is 5.30. The van der Waals surface area contributed by atoms with Crippen LogP contribution in [0.5, 0.6) is 5.75 Å². The minimum atomic E-state index is -1.02. The summed E-state index contributed by atoms with van der Waals surface area (Å²) in [7, 11) is 0. The summed E-state index contributed by atoms with van der Waals surface area (Å²) in [5.41, 5.74) is 4.87. The normalized spacial score (nSPS) is 13.2. The van der Waals surface area contributed by atoms with E-state index in [4.69, 9.17) is 15.6 Å². The number of rotatable bonds is 5. The highest BCUT2D eigenvalue weighted by molar-refractivity contribution is 9.10. The minimum absolute atomic E-state index is 0.240. The number of carboxylic acid groups (broad SMARTS) is 1. The molecule has 0 radical (unpaired) electrons. The summed E-state index contributed by atoms with van der Waals surface area (Å²) in [6.45, 7) is 3.63. The molecule has 1 aromatic carbocycles. The van der Waals surface area contributed by atoms with Crippen molar-refractivity contribution in [3.63, 3.8) is 0 Å². The quantitative estimate of drug-likeness (QED) is 0.876. The van der Waals surface area contributed by atoms with Crippen LogP contribution in [0.1, 0.15) is 20.3 Å². The lowest BCUT2D eigenvalue weighted by Crippen LogP contribution is -2.41. The van der Waals surface area contributed by atoms with Gasteiger partial charge in [-0.2, -0.15) is 0 Å². The summed E-state index contributed by atoms with van der Waals surface area (Å²) in [5.74, 6) is -0.344. The summed E-state index contributed by atoms with van der Waals surface area (Å²) in [6.07, 6.45) is 0.240. The average molecular weight is 302 g/mol. The van der Waals surface area contributed by atoms with Crippen molar-refractivity contribution in [3.8, 4) is 5.75 Å². The number of halogens is 1. The predicted octanol–water partition coefficient (Wildman–Crippen LogP) is 2.41. The van der Waals surface area contributed by atoms with Crippen LogP contribution in [0.2, 0.25) is 0 Å². The molecule has 1 unspecified atom stereocenters. The maximum Gasteiger partial charge on any atom is 0.320 e. The summed E-state index contributed by atoms with van der Waals surface area (Å²) >= 11 is 3.37. The van der Waals surface area contributed by atoms with E-state index in [2.05, 4.69) is 15.9 Å². The highest BCUT2D eigenvalue weighted by atomic mass is 79.9. The number of benzene rings is 1. The van der Waals surface area contributed by atoms with E-state index < -0.39 is 17.6 Å². The molecule has 0 saturated heterocycles. The average Bonchev–Trinajstić information content (AvgIpc) is 2.20. The van der Waals surface area contributed by atoms with E-state index >= 15 is 0 Å². The van der Waals surface area contributed by atoms with Gasteiger partial charge in [-0.1, -0.05) is 12.1 Å². The van der Waals surface area contributed by atoms with E-state index in [9.17, 15) is 4.79 Å². The van der Waals surface area contributed by atoms with Crippen molar-refractivity contribution >= 4 is 21.9 Å². The van der Waals surface area contributed by atoms with Gasteiger partial charge in [0.15, 0.2) is 0 Å². The fourth-order valence-electron chi connectivity index (χ4n) is 1.48. The third-order valence-corrected chi connectivity index (χ3v) is 2.91. The van der Waals surface area contributed by atoms with E-state index in [0.717, 1.165) is 4.47 Å². The molecule has 0 aromatic heterocycles. The van der Waals surface area contributed by atoms with E-state index in [1.807, 2.05) is 38.1 Å². The molecule has 17 heavy (non-hydrogen) atoms. The van der Waals surface area contributed by atoms with Crippen molar-refractivity contribution in [3.05, 3.63) is 28.7 Å². The maximum absolute atomic E-state index is 10.7. The SMILES string of the molecule is CC(C)(CC(N)C(=O)O)Oc1ccccc1Br. The Morgan fingerprint density at radius 3 is 2.65 bits per heavy atom. The van der Waals surface area contributed by atoms with Crippen molar-refractivity contribution in [2.24, 2.45) is 5.73 Å². The molecule has 0 spiro atoms. The molecule has 0 heterocycles. The molecule has 94 valence electrons. The largest absolute Gasteiger partial charge is 0.487 e. The third-order valence-electron chi connectivity index (χ3n) is 2.25. The van der Waals surface area contributed by atoms with Gasteiger partial charge in [-0.05, 0) is 41.9 Å². The Labute approximate surface area is 109 Å². The monoisotopic (exact) mass is 301 g/mol. The Morgan fingerprint density at radius 1 is 1.53 bits per heavy atom. The zero-order valence-electron chi connectivity index (χ0n) is 9.81.